The number of carbonyl (C=O) groups excluding carboxylic acids is 2. The van der Waals surface area contributed by atoms with Gasteiger partial charge in [0.15, 0.2) is 17.3 Å². The van der Waals surface area contributed by atoms with E-state index in [2.05, 4.69) is 10.3 Å². The number of Topliss-reactive ketones (excluding diaryl/α,β-unsaturated/α-hetero) is 1. The molecule has 3 heterocycles. The van der Waals surface area contributed by atoms with E-state index in [-0.39, 0.29) is 24.7 Å². The van der Waals surface area contributed by atoms with Gasteiger partial charge in [-0.25, -0.2) is 4.98 Å². The van der Waals surface area contributed by atoms with Crippen molar-refractivity contribution in [3.05, 3.63) is 44.8 Å². The molecule has 0 fully saturated rings. The first-order valence-corrected chi connectivity index (χ1v) is 10.1. The van der Waals surface area contributed by atoms with Crippen LogP contribution in [0.2, 0.25) is 0 Å². The quantitative estimate of drug-likeness (QED) is 0.663. The van der Waals surface area contributed by atoms with Gasteiger partial charge in [0, 0.05) is 16.5 Å². The van der Waals surface area contributed by atoms with Crippen LogP contribution in [-0.2, 0) is 24.2 Å². The second-order valence-electron chi connectivity index (χ2n) is 7.07. The van der Waals surface area contributed by atoms with Crippen molar-refractivity contribution in [2.45, 2.75) is 32.7 Å². The first-order valence-electron chi connectivity index (χ1n) is 9.25. The number of hydrogen-bond donors (Lipinski definition) is 1. The third-order valence-corrected chi connectivity index (χ3v) is 6.37. The number of aryl methyl sites for hydroxylation is 2. The van der Waals surface area contributed by atoms with E-state index in [1.165, 1.54) is 22.7 Å². The van der Waals surface area contributed by atoms with Gasteiger partial charge >= 0.3 is 0 Å². The van der Waals surface area contributed by atoms with Gasteiger partial charge in [-0.15, -0.1) is 11.3 Å². The van der Waals surface area contributed by atoms with Gasteiger partial charge < -0.3 is 14.8 Å². The summed E-state index contributed by atoms with van der Waals surface area (Å²) in [6, 6.07) is 3.11. The number of aromatic nitrogens is 2. The highest BCUT2D eigenvalue weighted by molar-refractivity contribution is 7.18. The molecule has 3 aromatic rings. The van der Waals surface area contributed by atoms with Crippen molar-refractivity contribution in [3.8, 4) is 11.5 Å². The topological polar surface area (TPSA) is 99.5 Å². The Morgan fingerprint density at radius 3 is 2.83 bits per heavy atom. The largest absolute Gasteiger partial charge is 0.454 e. The predicted molar refractivity (Wildman–Crippen MR) is 107 cm³/mol. The second-order valence-corrected chi connectivity index (χ2v) is 8.15. The van der Waals surface area contributed by atoms with E-state index in [9.17, 15) is 14.4 Å². The second kappa shape index (κ2) is 6.70. The summed E-state index contributed by atoms with van der Waals surface area (Å²) in [7, 11) is 0. The van der Waals surface area contributed by atoms with E-state index in [0.29, 0.717) is 28.1 Å². The molecule has 9 heteroatoms. The van der Waals surface area contributed by atoms with Crippen LogP contribution in [0.15, 0.2) is 23.3 Å². The summed E-state index contributed by atoms with van der Waals surface area (Å²) < 4.78 is 11.9. The zero-order chi connectivity index (χ0) is 20.1. The third-order valence-electron chi connectivity index (χ3n) is 5.17. The van der Waals surface area contributed by atoms with E-state index in [1.807, 2.05) is 0 Å². The first kappa shape index (κ1) is 17.9. The number of amides is 1. The van der Waals surface area contributed by atoms with Crippen molar-refractivity contribution in [1.29, 1.82) is 0 Å². The first-order chi connectivity index (χ1) is 14.0. The minimum atomic E-state index is -0.429. The molecule has 0 bridgehead atoms. The van der Waals surface area contributed by atoms with Crippen molar-refractivity contribution in [1.82, 2.24) is 9.55 Å². The number of thiophene rings is 1. The van der Waals surface area contributed by atoms with Gasteiger partial charge in [0.25, 0.3) is 5.56 Å². The minimum absolute atomic E-state index is 0.0656. The van der Waals surface area contributed by atoms with Crippen LogP contribution in [0.1, 0.15) is 34.1 Å². The Morgan fingerprint density at radius 2 is 2.03 bits per heavy atom. The highest BCUT2D eigenvalue weighted by Crippen LogP contribution is 2.37. The lowest BCUT2D eigenvalue weighted by Gasteiger charge is -2.11. The van der Waals surface area contributed by atoms with Crippen LogP contribution in [0.5, 0.6) is 11.5 Å². The molecule has 1 amide bonds. The molecule has 5 rings (SSSR count). The Balaban J connectivity index is 1.44. The number of ether oxygens (including phenoxy) is 2. The molecular weight excluding hydrogens is 394 g/mol. The molecule has 8 nitrogen and oxygen atoms in total. The van der Waals surface area contributed by atoms with Crippen LogP contribution in [-0.4, -0.2) is 28.0 Å². The number of carbonyl (C=O) groups is 2. The third kappa shape index (κ3) is 2.98. The zero-order valence-electron chi connectivity index (χ0n) is 15.6. The minimum Gasteiger partial charge on any atom is -0.454 e. The molecule has 0 saturated carbocycles. The maximum absolute atomic E-state index is 12.9. The Labute approximate surface area is 169 Å². The molecule has 1 aliphatic carbocycles. The lowest BCUT2D eigenvalue weighted by molar-refractivity contribution is -0.116. The number of anilines is 1. The van der Waals surface area contributed by atoms with Crippen molar-refractivity contribution < 1.29 is 19.1 Å². The molecule has 2 aromatic heterocycles. The van der Waals surface area contributed by atoms with Crippen LogP contribution in [0.4, 0.5) is 5.69 Å². The molecular formula is C20H17N3O5S. The highest BCUT2D eigenvalue weighted by atomic mass is 32.1. The van der Waals surface area contributed by atoms with Crippen LogP contribution in [0.3, 0.4) is 0 Å². The molecule has 0 radical (unpaired) electrons. The fourth-order valence-electron chi connectivity index (χ4n) is 3.81. The molecule has 0 unspecified atom stereocenters. The predicted octanol–water partition coefficient (Wildman–Crippen LogP) is 2.52. The summed E-state index contributed by atoms with van der Waals surface area (Å²) >= 11 is 1.56. The van der Waals surface area contributed by atoms with Crippen molar-refractivity contribution in [2.75, 3.05) is 12.1 Å². The molecule has 0 atom stereocenters. The van der Waals surface area contributed by atoms with E-state index >= 15 is 0 Å². The fraction of sp³-hybridized carbons (Fsp3) is 0.300. The lowest BCUT2D eigenvalue weighted by atomic mass is 10.1. The number of rotatable bonds is 4. The SMILES string of the molecule is CC(=O)c1cc2c(cc1NC(=O)Cn1cnc3sc4c(c3c1=O)CCC4)OCO2. The molecule has 1 aromatic carbocycles. The molecule has 148 valence electrons. The highest BCUT2D eigenvalue weighted by Gasteiger charge is 2.23. The van der Waals surface area contributed by atoms with Gasteiger partial charge in [-0.1, -0.05) is 0 Å². The van der Waals surface area contributed by atoms with Gasteiger partial charge in [-0.05, 0) is 37.8 Å². The molecule has 0 saturated heterocycles. The molecule has 1 N–H and O–H groups in total. The number of nitrogens with zero attached hydrogens (tertiary/aromatic N) is 2. The van der Waals surface area contributed by atoms with Crippen LogP contribution < -0.4 is 20.3 Å². The van der Waals surface area contributed by atoms with Crippen molar-refractivity contribution in [3.63, 3.8) is 0 Å². The molecule has 29 heavy (non-hydrogen) atoms. The maximum atomic E-state index is 12.9. The standard InChI is InChI=1S/C20H17N3O5S/c1-10(24)12-5-14-15(28-9-27-14)6-13(12)22-17(25)7-23-8-21-19-18(20(23)26)11-3-2-4-16(11)29-19/h5-6,8H,2-4,7,9H2,1H3,(H,22,25). The van der Waals surface area contributed by atoms with Crippen molar-refractivity contribution >= 4 is 38.9 Å². The van der Waals surface area contributed by atoms with Gasteiger partial charge in [-0.2, -0.15) is 0 Å². The summed E-state index contributed by atoms with van der Waals surface area (Å²) in [5.41, 5.74) is 1.51. The van der Waals surface area contributed by atoms with E-state index in [4.69, 9.17) is 9.47 Å². The Kier molecular flexibility index (Phi) is 4.13. The van der Waals surface area contributed by atoms with Gasteiger partial charge in [0.2, 0.25) is 12.7 Å². The number of hydrogen-bond acceptors (Lipinski definition) is 7. The van der Waals surface area contributed by atoms with Crippen molar-refractivity contribution in [2.24, 2.45) is 0 Å². The van der Waals surface area contributed by atoms with E-state index < -0.39 is 5.91 Å². The van der Waals surface area contributed by atoms with E-state index in [1.54, 1.807) is 23.5 Å². The summed E-state index contributed by atoms with van der Waals surface area (Å²) in [6.45, 7) is 1.28. The Morgan fingerprint density at radius 1 is 1.24 bits per heavy atom. The number of benzene rings is 1. The molecule has 0 spiro atoms. The fourth-order valence-corrected chi connectivity index (χ4v) is 5.03. The summed E-state index contributed by atoms with van der Waals surface area (Å²) in [5.74, 6) is 0.277. The van der Waals surface area contributed by atoms with Gasteiger partial charge in [0.1, 0.15) is 11.4 Å². The zero-order valence-corrected chi connectivity index (χ0v) is 16.4. The summed E-state index contributed by atoms with van der Waals surface area (Å²) in [5, 5.41) is 3.34. The number of fused-ring (bicyclic) bond motifs is 4. The average Bonchev–Trinajstić information content (AvgIpc) is 3.38. The van der Waals surface area contributed by atoms with E-state index in [0.717, 1.165) is 29.7 Å². The summed E-state index contributed by atoms with van der Waals surface area (Å²) in [4.78, 5) is 43.9. The normalized spacial score (nSPS) is 14.2. The van der Waals surface area contributed by atoms with Gasteiger partial charge in [0.05, 0.1) is 17.4 Å². The Hall–Kier alpha value is -3.20. The number of nitrogens with one attached hydrogen (secondary N) is 1. The smallest absolute Gasteiger partial charge is 0.262 e. The van der Waals surface area contributed by atoms with Crippen LogP contribution in [0, 0.1) is 0 Å². The Bertz CT molecular complexity index is 1240. The summed E-state index contributed by atoms with van der Waals surface area (Å²) in [6.07, 6.45) is 4.31. The molecule has 2 aliphatic rings. The monoisotopic (exact) mass is 411 g/mol. The molecule has 1 aliphatic heterocycles. The average molecular weight is 411 g/mol. The van der Waals surface area contributed by atoms with Crippen LogP contribution >= 0.6 is 11.3 Å². The van der Waals surface area contributed by atoms with Gasteiger partial charge in [-0.3, -0.25) is 19.0 Å². The van der Waals surface area contributed by atoms with Crippen LogP contribution in [0.25, 0.3) is 10.2 Å². The number of ketones is 1. The maximum Gasteiger partial charge on any atom is 0.262 e. The lowest BCUT2D eigenvalue weighted by Crippen LogP contribution is -2.28.